The molecule has 0 unspecified atom stereocenters. The van der Waals surface area contributed by atoms with Gasteiger partial charge >= 0.3 is 0 Å². The van der Waals surface area contributed by atoms with Gasteiger partial charge in [0.1, 0.15) is 17.1 Å². The molecule has 17 heavy (non-hydrogen) atoms. The van der Waals surface area contributed by atoms with E-state index in [9.17, 15) is 9.18 Å². The number of methoxy groups -OCH3 is 1. The smallest absolute Gasteiger partial charge is 0.235 e. The zero-order chi connectivity index (χ0) is 12.5. The van der Waals surface area contributed by atoms with Crippen LogP contribution in [0.3, 0.4) is 0 Å². The Morgan fingerprint density at radius 1 is 1.47 bits per heavy atom. The van der Waals surface area contributed by atoms with Crippen molar-refractivity contribution in [3.63, 3.8) is 0 Å². The standard InChI is InChI=1S/C13H14FNO2/c1-9-6-10(17-2)7-11(12(9)14)13(15-8-16)4-3-5-13/h6-7H,3-5H2,1-2H3. The summed E-state index contributed by atoms with van der Waals surface area (Å²) in [5, 5.41) is 0. The molecule has 0 aromatic heterocycles. The average Bonchev–Trinajstić information content (AvgIpc) is 2.27. The van der Waals surface area contributed by atoms with Crippen molar-refractivity contribution < 1.29 is 13.9 Å². The lowest BCUT2D eigenvalue weighted by Crippen LogP contribution is -2.33. The highest BCUT2D eigenvalue weighted by atomic mass is 19.1. The lowest BCUT2D eigenvalue weighted by molar-refractivity contribution is 0.246. The summed E-state index contributed by atoms with van der Waals surface area (Å²) in [6.07, 6.45) is 3.88. The number of aryl methyl sites for hydroxylation is 1. The second kappa shape index (κ2) is 4.30. The largest absolute Gasteiger partial charge is 0.497 e. The molecule has 0 bridgehead atoms. The first kappa shape index (κ1) is 11.8. The van der Waals surface area contributed by atoms with Crippen molar-refractivity contribution in [3.05, 3.63) is 29.1 Å². The summed E-state index contributed by atoms with van der Waals surface area (Å²) in [6.45, 7) is 1.68. The maximum atomic E-state index is 14.1. The van der Waals surface area contributed by atoms with Gasteiger partial charge in [-0.2, -0.15) is 4.99 Å². The minimum Gasteiger partial charge on any atom is -0.497 e. The number of halogens is 1. The van der Waals surface area contributed by atoms with Crippen LogP contribution in [0.25, 0.3) is 0 Å². The molecule has 1 aliphatic carbocycles. The van der Waals surface area contributed by atoms with E-state index in [1.807, 2.05) is 0 Å². The minimum absolute atomic E-state index is 0.301. The summed E-state index contributed by atoms with van der Waals surface area (Å²) in [6, 6.07) is 3.26. The van der Waals surface area contributed by atoms with E-state index in [2.05, 4.69) is 4.99 Å². The predicted molar refractivity (Wildman–Crippen MR) is 61.3 cm³/mol. The Labute approximate surface area is 99.3 Å². The van der Waals surface area contributed by atoms with Crippen molar-refractivity contribution in [3.8, 4) is 5.75 Å². The first-order valence-electron chi connectivity index (χ1n) is 5.56. The molecular formula is C13H14FNO2. The Balaban J connectivity index is 2.57. The first-order valence-corrected chi connectivity index (χ1v) is 5.56. The number of nitrogens with zero attached hydrogens (tertiary/aromatic N) is 1. The highest BCUT2D eigenvalue weighted by Crippen LogP contribution is 2.46. The molecule has 0 amide bonds. The molecule has 0 atom stereocenters. The van der Waals surface area contributed by atoms with Gasteiger partial charge in [0.15, 0.2) is 0 Å². The molecule has 1 aromatic carbocycles. The van der Waals surface area contributed by atoms with Crippen molar-refractivity contribution >= 4 is 6.08 Å². The molecule has 1 fully saturated rings. The molecule has 1 aliphatic rings. The van der Waals surface area contributed by atoms with Crippen LogP contribution in [0.2, 0.25) is 0 Å². The van der Waals surface area contributed by atoms with Gasteiger partial charge in [0, 0.05) is 5.56 Å². The second-order valence-corrected chi connectivity index (χ2v) is 4.39. The van der Waals surface area contributed by atoms with Gasteiger partial charge in [-0.3, -0.25) is 0 Å². The van der Waals surface area contributed by atoms with Crippen molar-refractivity contribution in [1.82, 2.24) is 0 Å². The molecule has 3 nitrogen and oxygen atoms in total. The maximum absolute atomic E-state index is 14.1. The fourth-order valence-corrected chi connectivity index (χ4v) is 2.23. The molecule has 1 saturated carbocycles. The van der Waals surface area contributed by atoms with E-state index < -0.39 is 5.54 Å². The summed E-state index contributed by atoms with van der Waals surface area (Å²) < 4.78 is 19.2. The van der Waals surface area contributed by atoms with Crippen LogP contribution in [0, 0.1) is 12.7 Å². The Kier molecular flexibility index (Phi) is 2.99. The number of aliphatic imine (C=N–C) groups is 1. The minimum atomic E-state index is -0.717. The van der Waals surface area contributed by atoms with Gasteiger partial charge in [-0.1, -0.05) is 0 Å². The molecule has 90 valence electrons. The van der Waals surface area contributed by atoms with Crippen LogP contribution in [0.5, 0.6) is 5.75 Å². The Hall–Kier alpha value is -1.67. The molecule has 2 rings (SSSR count). The molecule has 4 heteroatoms. The van der Waals surface area contributed by atoms with Gasteiger partial charge in [0.05, 0.1) is 7.11 Å². The van der Waals surface area contributed by atoms with Crippen LogP contribution >= 0.6 is 0 Å². The summed E-state index contributed by atoms with van der Waals surface area (Å²) in [5.74, 6) is 0.288. The Morgan fingerprint density at radius 3 is 2.65 bits per heavy atom. The number of ether oxygens (including phenoxy) is 1. The molecule has 0 radical (unpaired) electrons. The molecule has 0 aliphatic heterocycles. The molecule has 0 saturated heterocycles. The van der Waals surface area contributed by atoms with Gasteiger partial charge in [-0.15, -0.1) is 0 Å². The Morgan fingerprint density at radius 2 is 2.18 bits per heavy atom. The van der Waals surface area contributed by atoms with Crippen LogP contribution in [0.1, 0.15) is 30.4 Å². The number of hydrogen-bond acceptors (Lipinski definition) is 3. The summed E-state index contributed by atoms with van der Waals surface area (Å²) in [5.41, 5.74) is 0.237. The topological polar surface area (TPSA) is 38.7 Å². The fraction of sp³-hybridized carbons (Fsp3) is 0.462. The SMILES string of the molecule is COc1cc(C)c(F)c(C2(N=C=O)CCC2)c1. The van der Waals surface area contributed by atoms with E-state index in [1.165, 1.54) is 7.11 Å². The van der Waals surface area contributed by atoms with Crippen LogP contribution in [-0.2, 0) is 10.3 Å². The lowest BCUT2D eigenvalue weighted by atomic mass is 9.72. The monoisotopic (exact) mass is 235 g/mol. The second-order valence-electron chi connectivity index (χ2n) is 4.39. The highest BCUT2D eigenvalue weighted by Gasteiger charge is 2.41. The summed E-state index contributed by atoms with van der Waals surface area (Å²) in [4.78, 5) is 14.3. The average molecular weight is 235 g/mol. The normalized spacial score (nSPS) is 16.9. The quantitative estimate of drug-likeness (QED) is 0.597. The zero-order valence-electron chi connectivity index (χ0n) is 9.92. The van der Waals surface area contributed by atoms with Crippen LogP contribution < -0.4 is 4.74 Å². The first-order chi connectivity index (χ1) is 8.13. The lowest BCUT2D eigenvalue weighted by Gasteiger charge is -2.37. The van der Waals surface area contributed by atoms with E-state index >= 15 is 0 Å². The molecule has 1 aromatic rings. The fourth-order valence-electron chi connectivity index (χ4n) is 2.23. The number of isocyanates is 1. The van der Waals surface area contributed by atoms with Crippen molar-refractivity contribution in [2.45, 2.75) is 31.7 Å². The molecule has 0 N–H and O–H groups in total. The third kappa shape index (κ3) is 1.85. The highest BCUT2D eigenvalue weighted by molar-refractivity contribution is 5.44. The number of hydrogen-bond donors (Lipinski definition) is 0. The maximum Gasteiger partial charge on any atom is 0.235 e. The van der Waals surface area contributed by atoms with Crippen LogP contribution in [0.4, 0.5) is 4.39 Å². The molecule has 0 heterocycles. The van der Waals surface area contributed by atoms with Gasteiger partial charge in [0.25, 0.3) is 0 Å². The van der Waals surface area contributed by atoms with E-state index in [0.29, 0.717) is 29.7 Å². The number of rotatable bonds is 3. The zero-order valence-corrected chi connectivity index (χ0v) is 9.92. The van der Waals surface area contributed by atoms with Gasteiger partial charge in [0.2, 0.25) is 6.08 Å². The number of carbonyl (C=O) groups excluding carboxylic acids is 1. The summed E-state index contributed by atoms with van der Waals surface area (Å²) >= 11 is 0. The van der Waals surface area contributed by atoms with E-state index in [4.69, 9.17) is 4.74 Å². The van der Waals surface area contributed by atoms with E-state index in [0.717, 1.165) is 6.42 Å². The van der Waals surface area contributed by atoms with Gasteiger partial charge in [-0.05, 0) is 43.9 Å². The Bertz CT molecular complexity index is 488. The van der Waals surface area contributed by atoms with Crippen molar-refractivity contribution in [2.24, 2.45) is 4.99 Å². The van der Waals surface area contributed by atoms with Crippen molar-refractivity contribution in [1.29, 1.82) is 0 Å². The summed E-state index contributed by atoms with van der Waals surface area (Å²) in [7, 11) is 1.53. The van der Waals surface area contributed by atoms with E-state index in [1.54, 1.807) is 25.1 Å². The van der Waals surface area contributed by atoms with Crippen LogP contribution in [-0.4, -0.2) is 13.2 Å². The van der Waals surface area contributed by atoms with Crippen molar-refractivity contribution in [2.75, 3.05) is 7.11 Å². The van der Waals surface area contributed by atoms with Gasteiger partial charge < -0.3 is 4.74 Å². The molecular weight excluding hydrogens is 221 g/mol. The third-order valence-corrected chi connectivity index (χ3v) is 3.41. The van der Waals surface area contributed by atoms with Gasteiger partial charge in [-0.25, -0.2) is 9.18 Å². The molecule has 0 spiro atoms. The third-order valence-electron chi connectivity index (χ3n) is 3.41. The van der Waals surface area contributed by atoms with E-state index in [-0.39, 0.29) is 5.82 Å². The number of benzene rings is 1. The predicted octanol–water partition coefficient (Wildman–Crippen LogP) is 2.86. The van der Waals surface area contributed by atoms with Crippen LogP contribution in [0.15, 0.2) is 17.1 Å².